The molecule has 6 heteroatoms. The van der Waals surface area contributed by atoms with Crippen LogP contribution in [0.1, 0.15) is 21.9 Å². The first kappa shape index (κ1) is 16.1. The summed E-state index contributed by atoms with van der Waals surface area (Å²) in [5, 5.41) is 6.01. The van der Waals surface area contributed by atoms with Crippen molar-refractivity contribution in [2.75, 3.05) is 19.6 Å². The predicted molar refractivity (Wildman–Crippen MR) is 85.3 cm³/mol. The molecule has 0 spiro atoms. The topological polar surface area (TPSA) is 92.9 Å². The van der Waals surface area contributed by atoms with E-state index < -0.39 is 0 Å². The number of nitrogens with two attached hydrogens (primary N) is 1. The molecule has 0 aliphatic heterocycles. The van der Waals surface area contributed by atoms with E-state index in [0.29, 0.717) is 31.7 Å². The van der Waals surface area contributed by atoms with Crippen molar-refractivity contribution in [2.45, 2.75) is 13.0 Å². The van der Waals surface area contributed by atoms with Crippen molar-refractivity contribution >= 4 is 5.91 Å². The van der Waals surface area contributed by atoms with Crippen LogP contribution in [0.15, 0.2) is 42.6 Å². The zero-order valence-corrected chi connectivity index (χ0v) is 12.5. The second-order valence-electron chi connectivity index (χ2n) is 4.81. The Balaban J connectivity index is 1.82. The van der Waals surface area contributed by atoms with Crippen molar-refractivity contribution in [3.63, 3.8) is 0 Å². The maximum Gasteiger partial charge on any atom is 0.269 e. The number of carbonyl (C=O) groups is 1. The molecule has 2 aromatic heterocycles. The van der Waals surface area contributed by atoms with Crippen LogP contribution in [0.2, 0.25) is 0 Å². The van der Waals surface area contributed by atoms with Gasteiger partial charge in [-0.2, -0.15) is 0 Å². The van der Waals surface area contributed by atoms with E-state index >= 15 is 0 Å². The fraction of sp³-hybridized carbons (Fsp3) is 0.312. The highest BCUT2D eigenvalue weighted by molar-refractivity contribution is 5.92. The van der Waals surface area contributed by atoms with Crippen LogP contribution in [0.25, 0.3) is 0 Å². The molecule has 0 aliphatic rings. The quantitative estimate of drug-likeness (QED) is 0.617. The maximum absolute atomic E-state index is 12.1. The summed E-state index contributed by atoms with van der Waals surface area (Å²) in [5.41, 5.74) is 7.62. The number of pyridine rings is 2. The van der Waals surface area contributed by atoms with Crippen LogP contribution in [-0.2, 0) is 13.0 Å². The summed E-state index contributed by atoms with van der Waals surface area (Å²) < 4.78 is 0. The van der Waals surface area contributed by atoms with Crippen LogP contribution in [0.5, 0.6) is 0 Å². The molecule has 116 valence electrons. The molecular formula is C16H21N5O. The lowest BCUT2D eigenvalue weighted by Crippen LogP contribution is -2.27. The maximum atomic E-state index is 12.1. The number of hydrogen-bond donors (Lipinski definition) is 3. The molecule has 0 aliphatic carbocycles. The van der Waals surface area contributed by atoms with Crippen molar-refractivity contribution in [1.29, 1.82) is 0 Å². The molecule has 4 N–H and O–H groups in total. The van der Waals surface area contributed by atoms with Crippen molar-refractivity contribution in [3.8, 4) is 0 Å². The van der Waals surface area contributed by atoms with Gasteiger partial charge in [0.25, 0.3) is 5.91 Å². The monoisotopic (exact) mass is 299 g/mol. The summed E-state index contributed by atoms with van der Waals surface area (Å²) in [5.74, 6) is -0.170. The van der Waals surface area contributed by atoms with Crippen LogP contribution in [-0.4, -0.2) is 35.5 Å². The first-order valence-electron chi connectivity index (χ1n) is 7.34. The van der Waals surface area contributed by atoms with E-state index in [1.54, 1.807) is 12.3 Å². The Bertz CT molecular complexity index is 588. The molecule has 2 rings (SSSR count). The Morgan fingerprint density at radius 1 is 1.09 bits per heavy atom. The summed E-state index contributed by atoms with van der Waals surface area (Å²) in [4.78, 5) is 20.6. The van der Waals surface area contributed by atoms with E-state index in [2.05, 4.69) is 20.6 Å². The summed E-state index contributed by atoms with van der Waals surface area (Å²) in [6.07, 6.45) is 2.45. The van der Waals surface area contributed by atoms with Gasteiger partial charge in [0.1, 0.15) is 5.69 Å². The Morgan fingerprint density at radius 2 is 1.95 bits per heavy atom. The number of amides is 1. The molecular weight excluding hydrogens is 278 g/mol. The van der Waals surface area contributed by atoms with E-state index in [9.17, 15) is 4.79 Å². The van der Waals surface area contributed by atoms with Gasteiger partial charge in [-0.1, -0.05) is 12.1 Å². The predicted octanol–water partition coefficient (Wildman–Crippen LogP) is 0.497. The second-order valence-corrected chi connectivity index (χ2v) is 4.81. The van der Waals surface area contributed by atoms with Crippen LogP contribution in [0.4, 0.5) is 0 Å². The first-order chi connectivity index (χ1) is 10.8. The van der Waals surface area contributed by atoms with E-state index in [-0.39, 0.29) is 5.91 Å². The van der Waals surface area contributed by atoms with Gasteiger partial charge in [0, 0.05) is 44.5 Å². The normalized spacial score (nSPS) is 10.4. The van der Waals surface area contributed by atoms with Gasteiger partial charge in [0.15, 0.2) is 0 Å². The molecule has 0 fully saturated rings. The van der Waals surface area contributed by atoms with Crippen LogP contribution in [0, 0.1) is 0 Å². The van der Waals surface area contributed by atoms with Gasteiger partial charge in [-0.3, -0.25) is 9.78 Å². The average molecular weight is 299 g/mol. The molecule has 0 radical (unpaired) electrons. The third-order valence-electron chi connectivity index (χ3n) is 3.06. The van der Waals surface area contributed by atoms with Gasteiger partial charge in [-0.15, -0.1) is 0 Å². The Hall–Kier alpha value is -2.31. The number of nitrogens with one attached hydrogen (secondary N) is 2. The van der Waals surface area contributed by atoms with E-state index in [1.807, 2.05) is 30.3 Å². The third kappa shape index (κ3) is 5.23. The highest BCUT2D eigenvalue weighted by atomic mass is 16.1. The summed E-state index contributed by atoms with van der Waals surface area (Å²) >= 11 is 0. The van der Waals surface area contributed by atoms with E-state index in [1.165, 1.54) is 0 Å². The lowest BCUT2D eigenvalue weighted by Gasteiger charge is -2.07. The van der Waals surface area contributed by atoms with Crippen LogP contribution in [0.3, 0.4) is 0 Å². The van der Waals surface area contributed by atoms with E-state index in [4.69, 9.17) is 5.73 Å². The Labute approximate surface area is 130 Å². The van der Waals surface area contributed by atoms with Crippen LogP contribution >= 0.6 is 0 Å². The summed E-state index contributed by atoms with van der Waals surface area (Å²) in [6.45, 7) is 2.44. The largest absolute Gasteiger partial charge is 0.350 e. The SMILES string of the molecule is NCCNCc1cccc(C(=O)NCCc2ccccn2)n1. The van der Waals surface area contributed by atoms with E-state index in [0.717, 1.165) is 17.9 Å². The molecule has 22 heavy (non-hydrogen) atoms. The lowest BCUT2D eigenvalue weighted by atomic mass is 10.2. The highest BCUT2D eigenvalue weighted by Gasteiger charge is 2.07. The van der Waals surface area contributed by atoms with Crippen molar-refractivity contribution < 1.29 is 4.79 Å². The van der Waals surface area contributed by atoms with Gasteiger partial charge in [-0.25, -0.2) is 4.98 Å². The number of nitrogens with zero attached hydrogens (tertiary/aromatic N) is 2. The number of carbonyl (C=O) groups excluding carboxylic acids is 1. The number of rotatable bonds is 8. The molecule has 2 aromatic rings. The zero-order valence-electron chi connectivity index (χ0n) is 12.5. The fourth-order valence-corrected chi connectivity index (χ4v) is 1.96. The molecule has 1 amide bonds. The number of hydrogen-bond acceptors (Lipinski definition) is 5. The minimum atomic E-state index is -0.170. The van der Waals surface area contributed by atoms with Crippen LogP contribution < -0.4 is 16.4 Å². The fourth-order valence-electron chi connectivity index (χ4n) is 1.96. The Morgan fingerprint density at radius 3 is 2.73 bits per heavy atom. The zero-order chi connectivity index (χ0) is 15.6. The smallest absolute Gasteiger partial charge is 0.269 e. The van der Waals surface area contributed by atoms with Gasteiger partial charge in [-0.05, 0) is 24.3 Å². The first-order valence-corrected chi connectivity index (χ1v) is 7.34. The second kappa shape index (κ2) is 8.86. The van der Waals surface area contributed by atoms with Gasteiger partial charge in [0.2, 0.25) is 0 Å². The van der Waals surface area contributed by atoms with Gasteiger partial charge >= 0.3 is 0 Å². The lowest BCUT2D eigenvalue weighted by molar-refractivity contribution is 0.0949. The molecule has 0 saturated heterocycles. The number of aromatic nitrogens is 2. The highest BCUT2D eigenvalue weighted by Crippen LogP contribution is 2.00. The average Bonchev–Trinajstić information content (AvgIpc) is 2.56. The minimum absolute atomic E-state index is 0.170. The summed E-state index contributed by atoms with van der Waals surface area (Å²) in [6, 6.07) is 11.2. The molecule has 6 nitrogen and oxygen atoms in total. The molecule has 2 heterocycles. The molecule has 0 saturated carbocycles. The molecule has 0 unspecified atom stereocenters. The Kier molecular flexibility index (Phi) is 6.47. The van der Waals surface area contributed by atoms with Crippen molar-refractivity contribution in [3.05, 3.63) is 59.7 Å². The molecule has 0 atom stereocenters. The van der Waals surface area contributed by atoms with Crippen molar-refractivity contribution in [2.24, 2.45) is 5.73 Å². The molecule has 0 bridgehead atoms. The van der Waals surface area contributed by atoms with Gasteiger partial charge < -0.3 is 16.4 Å². The third-order valence-corrected chi connectivity index (χ3v) is 3.06. The van der Waals surface area contributed by atoms with Gasteiger partial charge in [0.05, 0.1) is 5.69 Å². The van der Waals surface area contributed by atoms with Crippen molar-refractivity contribution in [1.82, 2.24) is 20.6 Å². The summed E-state index contributed by atoms with van der Waals surface area (Å²) in [7, 11) is 0. The minimum Gasteiger partial charge on any atom is -0.350 e. The standard InChI is InChI=1S/C16H21N5O/c17-8-11-18-12-14-5-3-6-15(21-14)16(22)20-10-7-13-4-1-2-9-19-13/h1-6,9,18H,7-8,10-12,17H2,(H,20,22). The molecule has 0 aromatic carbocycles.